The fourth-order valence-electron chi connectivity index (χ4n) is 2.94. The van der Waals surface area contributed by atoms with Gasteiger partial charge in [-0.25, -0.2) is 4.98 Å². The average molecular weight is 378 g/mol. The normalized spacial score (nSPS) is 17.4. The van der Waals surface area contributed by atoms with Gasteiger partial charge in [-0.2, -0.15) is 0 Å². The molecule has 7 nitrogen and oxygen atoms in total. The van der Waals surface area contributed by atoms with Crippen LogP contribution in [0.4, 0.5) is 5.69 Å². The van der Waals surface area contributed by atoms with Crippen LogP contribution in [0.3, 0.4) is 0 Å². The van der Waals surface area contributed by atoms with Crippen LogP contribution in [0, 0.1) is 5.21 Å². The number of methoxy groups -OCH3 is 1. The molecule has 0 bridgehead atoms. The predicted octanol–water partition coefficient (Wildman–Crippen LogP) is 2.83. The standard InChI is InChI=1S/C18H27N5O2S/c1-18(2,3)16-19-12-10-14(15(25-5)11-13(12)20-16)21-17(26)22-6-8-23(4,24)9-7-22/h10-11H,6-9H2,1-5H3,(H,19,20)(H,21,26). The molecule has 2 aromatic rings. The summed E-state index contributed by atoms with van der Waals surface area (Å²) in [6.45, 7) is 8.73. The monoisotopic (exact) mass is 377 g/mol. The summed E-state index contributed by atoms with van der Waals surface area (Å²) in [4.78, 5) is 10.1. The Morgan fingerprint density at radius 1 is 1.35 bits per heavy atom. The Bertz CT molecular complexity index is 815. The molecule has 0 spiro atoms. The summed E-state index contributed by atoms with van der Waals surface area (Å²) >= 11 is 5.55. The molecule has 1 saturated heterocycles. The van der Waals surface area contributed by atoms with E-state index in [9.17, 15) is 5.21 Å². The fourth-order valence-corrected chi connectivity index (χ4v) is 3.24. The quantitative estimate of drug-likeness (QED) is 0.476. The van der Waals surface area contributed by atoms with E-state index in [0.717, 1.165) is 22.5 Å². The first kappa shape index (κ1) is 18.9. The van der Waals surface area contributed by atoms with Crippen LogP contribution >= 0.6 is 12.2 Å². The van der Waals surface area contributed by atoms with Gasteiger partial charge in [0.25, 0.3) is 0 Å². The SMILES string of the molecule is COc1cc2nc(C(C)(C)C)[nH]c2cc1NC(=S)N1CC[N+](C)([O-])CC1. The van der Waals surface area contributed by atoms with Crippen molar-refractivity contribution in [3.8, 4) is 5.75 Å². The number of hydrogen-bond acceptors (Lipinski definition) is 4. The number of imidazole rings is 1. The minimum atomic E-state index is -0.210. The predicted molar refractivity (Wildman–Crippen MR) is 108 cm³/mol. The summed E-state index contributed by atoms with van der Waals surface area (Å²) in [6, 6.07) is 3.88. The number of fused-ring (bicyclic) bond motifs is 1. The lowest BCUT2D eigenvalue weighted by molar-refractivity contribution is -0.864. The van der Waals surface area contributed by atoms with Crippen LogP contribution < -0.4 is 10.1 Å². The lowest BCUT2D eigenvalue weighted by atomic mass is 9.96. The van der Waals surface area contributed by atoms with E-state index in [1.165, 1.54) is 0 Å². The van der Waals surface area contributed by atoms with Crippen molar-refractivity contribution in [2.75, 3.05) is 45.7 Å². The number of aromatic nitrogens is 2. The largest absolute Gasteiger partial charge is 0.633 e. The molecule has 1 aliphatic rings. The Morgan fingerprint density at radius 2 is 2.00 bits per heavy atom. The summed E-state index contributed by atoms with van der Waals surface area (Å²) in [7, 11) is 3.34. The summed E-state index contributed by atoms with van der Waals surface area (Å²) in [6.07, 6.45) is 0. The molecule has 1 fully saturated rings. The molecule has 0 unspecified atom stereocenters. The highest BCUT2D eigenvalue weighted by Crippen LogP contribution is 2.31. The van der Waals surface area contributed by atoms with Crippen molar-refractivity contribution in [3.63, 3.8) is 0 Å². The maximum atomic E-state index is 12.0. The maximum absolute atomic E-state index is 12.0. The van der Waals surface area contributed by atoms with Crippen LogP contribution in [-0.4, -0.2) is 65.0 Å². The van der Waals surface area contributed by atoms with Crippen LogP contribution in [0.2, 0.25) is 0 Å². The molecule has 0 atom stereocenters. The number of hydrogen-bond donors (Lipinski definition) is 2. The molecule has 26 heavy (non-hydrogen) atoms. The van der Waals surface area contributed by atoms with Crippen molar-refractivity contribution in [2.45, 2.75) is 26.2 Å². The average Bonchev–Trinajstić information content (AvgIpc) is 2.97. The van der Waals surface area contributed by atoms with Crippen molar-refractivity contribution >= 4 is 34.1 Å². The first-order valence-electron chi connectivity index (χ1n) is 8.79. The van der Waals surface area contributed by atoms with Crippen LogP contribution in [0.1, 0.15) is 26.6 Å². The minimum Gasteiger partial charge on any atom is -0.633 e. The summed E-state index contributed by atoms with van der Waals surface area (Å²) in [5.41, 5.74) is 2.52. The summed E-state index contributed by atoms with van der Waals surface area (Å²) < 4.78 is 5.31. The molecule has 0 aliphatic carbocycles. The third-order valence-electron chi connectivity index (χ3n) is 4.73. The van der Waals surface area contributed by atoms with E-state index in [2.05, 4.69) is 36.1 Å². The van der Waals surface area contributed by atoms with Gasteiger partial charge in [0.05, 0.1) is 57.1 Å². The van der Waals surface area contributed by atoms with Crippen molar-refractivity contribution in [1.82, 2.24) is 14.9 Å². The molecule has 1 aromatic carbocycles. The number of nitrogens with zero attached hydrogens (tertiary/aromatic N) is 3. The molecule has 1 aliphatic heterocycles. The molecular formula is C18H27N5O2S. The molecule has 0 amide bonds. The van der Waals surface area contributed by atoms with E-state index in [-0.39, 0.29) is 10.1 Å². The van der Waals surface area contributed by atoms with Crippen LogP contribution in [0.25, 0.3) is 11.0 Å². The zero-order valence-electron chi connectivity index (χ0n) is 16.0. The van der Waals surface area contributed by atoms with E-state index in [1.807, 2.05) is 17.0 Å². The number of likely N-dealkylation sites (N-methyl/N-ethyl adjacent to an activating group) is 1. The first-order valence-corrected chi connectivity index (χ1v) is 9.19. The van der Waals surface area contributed by atoms with Crippen molar-refractivity contribution in [3.05, 3.63) is 23.2 Å². The topological polar surface area (TPSA) is 76.2 Å². The number of benzene rings is 1. The van der Waals surface area contributed by atoms with Gasteiger partial charge in [-0.05, 0) is 18.3 Å². The molecule has 142 valence electrons. The second kappa shape index (κ2) is 6.68. The smallest absolute Gasteiger partial charge is 0.173 e. The number of aromatic amines is 1. The summed E-state index contributed by atoms with van der Waals surface area (Å²) in [5, 5.41) is 15.9. The van der Waals surface area contributed by atoms with Gasteiger partial charge in [-0.3, -0.25) is 0 Å². The number of H-pyrrole nitrogens is 1. The van der Waals surface area contributed by atoms with E-state index in [4.69, 9.17) is 17.0 Å². The van der Waals surface area contributed by atoms with Gasteiger partial charge in [-0.1, -0.05) is 20.8 Å². The van der Waals surface area contributed by atoms with Gasteiger partial charge in [0.2, 0.25) is 0 Å². The van der Waals surface area contributed by atoms with Crippen molar-refractivity contribution in [1.29, 1.82) is 0 Å². The maximum Gasteiger partial charge on any atom is 0.173 e. The molecular weight excluding hydrogens is 350 g/mol. The number of hydroxylamine groups is 3. The number of thiocarbonyl (C=S) groups is 1. The van der Waals surface area contributed by atoms with E-state index >= 15 is 0 Å². The third kappa shape index (κ3) is 3.92. The van der Waals surface area contributed by atoms with Gasteiger partial charge in [0.1, 0.15) is 11.6 Å². The van der Waals surface area contributed by atoms with Crippen LogP contribution in [0.15, 0.2) is 12.1 Å². The highest BCUT2D eigenvalue weighted by molar-refractivity contribution is 7.80. The number of anilines is 1. The highest BCUT2D eigenvalue weighted by Gasteiger charge is 2.24. The Balaban J connectivity index is 1.83. The molecule has 3 rings (SSSR count). The molecule has 0 saturated carbocycles. The number of nitrogens with one attached hydrogen (secondary N) is 2. The number of ether oxygens (including phenoxy) is 1. The Hall–Kier alpha value is -1.90. The van der Waals surface area contributed by atoms with Gasteiger partial charge in [0, 0.05) is 11.5 Å². The Labute approximate surface area is 159 Å². The zero-order chi connectivity index (χ0) is 19.1. The fraction of sp³-hybridized carbons (Fsp3) is 0.556. The summed E-state index contributed by atoms with van der Waals surface area (Å²) in [5.74, 6) is 1.62. The van der Waals surface area contributed by atoms with Crippen molar-refractivity contribution < 1.29 is 9.38 Å². The second-order valence-electron chi connectivity index (χ2n) is 8.07. The first-order chi connectivity index (χ1) is 12.1. The van der Waals surface area contributed by atoms with Crippen molar-refractivity contribution in [2.24, 2.45) is 0 Å². The minimum absolute atomic E-state index is 0.0633. The van der Waals surface area contributed by atoms with Crippen LogP contribution in [-0.2, 0) is 5.41 Å². The molecule has 8 heteroatoms. The number of piperazine rings is 1. The van der Waals surface area contributed by atoms with Gasteiger partial charge < -0.3 is 29.8 Å². The van der Waals surface area contributed by atoms with E-state index < -0.39 is 0 Å². The Morgan fingerprint density at radius 3 is 2.58 bits per heavy atom. The number of rotatable bonds is 2. The molecule has 2 heterocycles. The second-order valence-corrected chi connectivity index (χ2v) is 8.45. The van der Waals surface area contributed by atoms with Gasteiger partial charge >= 0.3 is 0 Å². The Kier molecular flexibility index (Phi) is 4.85. The lowest BCUT2D eigenvalue weighted by Crippen LogP contribution is -2.55. The van der Waals surface area contributed by atoms with E-state index in [0.29, 0.717) is 37.0 Å². The molecule has 1 aromatic heterocycles. The van der Waals surface area contributed by atoms with E-state index in [1.54, 1.807) is 14.2 Å². The molecule has 2 N–H and O–H groups in total. The van der Waals surface area contributed by atoms with Crippen LogP contribution in [0.5, 0.6) is 5.75 Å². The van der Waals surface area contributed by atoms with Gasteiger partial charge in [0.15, 0.2) is 5.11 Å². The number of quaternary nitrogens is 1. The molecule has 0 radical (unpaired) electrons. The third-order valence-corrected chi connectivity index (χ3v) is 5.09. The zero-order valence-corrected chi connectivity index (χ0v) is 16.9. The van der Waals surface area contributed by atoms with Gasteiger partial charge in [-0.15, -0.1) is 0 Å². The lowest BCUT2D eigenvalue weighted by Gasteiger charge is -2.45. The highest BCUT2D eigenvalue weighted by atomic mass is 32.1.